The van der Waals surface area contributed by atoms with Crippen LogP contribution in [0.15, 0.2) is 52.9 Å². The molecule has 2 aromatic carbocycles. The van der Waals surface area contributed by atoms with Gasteiger partial charge in [0, 0.05) is 13.0 Å². The van der Waals surface area contributed by atoms with Crippen molar-refractivity contribution in [3.05, 3.63) is 54.4 Å². The van der Waals surface area contributed by atoms with E-state index in [1.807, 2.05) is 55.5 Å². The minimum absolute atomic E-state index is 0.664. The third kappa shape index (κ3) is 1.99. The minimum Gasteiger partial charge on any atom is -0.457 e. The maximum atomic E-state index is 5.71. The van der Waals surface area contributed by atoms with E-state index in [0.29, 0.717) is 5.89 Å². The molecule has 0 aliphatic carbocycles. The summed E-state index contributed by atoms with van der Waals surface area (Å²) in [4.78, 5) is 4.24. The van der Waals surface area contributed by atoms with E-state index in [0.717, 1.165) is 22.6 Å². The van der Waals surface area contributed by atoms with E-state index in [4.69, 9.17) is 9.15 Å². The monoisotopic (exact) mass is 225 g/mol. The predicted molar refractivity (Wildman–Crippen MR) is 65.3 cm³/mol. The summed E-state index contributed by atoms with van der Waals surface area (Å²) in [5.74, 6) is 2.22. The Labute approximate surface area is 98.7 Å². The number of para-hydroxylation sites is 1. The van der Waals surface area contributed by atoms with E-state index >= 15 is 0 Å². The van der Waals surface area contributed by atoms with Crippen molar-refractivity contribution >= 4 is 11.1 Å². The number of ether oxygens (including phenoxy) is 1. The molecular weight excluding hydrogens is 214 g/mol. The number of benzene rings is 2. The fraction of sp³-hybridized carbons (Fsp3) is 0.0714. The van der Waals surface area contributed by atoms with Crippen molar-refractivity contribution in [3.8, 4) is 11.5 Å². The highest BCUT2D eigenvalue weighted by atomic mass is 16.5. The molecule has 0 atom stereocenters. The fourth-order valence-electron chi connectivity index (χ4n) is 1.71. The van der Waals surface area contributed by atoms with E-state index in [1.54, 1.807) is 0 Å². The highest BCUT2D eigenvalue weighted by molar-refractivity contribution is 5.74. The lowest BCUT2D eigenvalue weighted by Gasteiger charge is -2.04. The molecule has 0 spiro atoms. The lowest BCUT2D eigenvalue weighted by molar-refractivity contribution is 0.481. The third-order valence-corrected chi connectivity index (χ3v) is 2.45. The van der Waals surface area contributed by atoms with E-state index in [9.17, 15) is 0 Å². The first-order valence-corrected chi connectivity index (χ1v) is 5.41. The molecule has 0 aliphatic rings. The summed E-state index contributed by atoms with van der Waals surface area (Å²) in [5.41, 5.74) is 1.60. The summed E-state index contributed by atoms with van der Waals surface area (Å²) in [6.45, 7) is 1.83. The molecular formula is C14H11NO2. The summed E-state index contributed by atoms with van der Waals surface area (Å²) in [5, 5.41) is 0. The van der Waals surface area contributed by atoms with Gasteiger partial charge in [-0.2, -0.15) is 0 Å². The Kier molecular flexibility index (Phi) is 2.29. The lowest BCUT2D eigenvalue weighted by Crippen LogP contribution is -1.82. The number of fused-ring (bicyclic) bond motifs is 1. The third-order valence-electron chi connectivity index (χ3n) is 2.45. The van der Waals surface area contributed by atoms with Gasteiger partial charge in [-0.05, 0) is 24.3 Å². The van der Waals surface area contributed by atoms with Gasteiger partial charge in [0.15, 0.2) is 11.5 Å². The Morgan fingerprint density at radius 3 is 2.65 bits per heavy atom. The average Bonchev–Trinajstić information content (AvgIpc) is 2.70. The molecule has 0 unspecified atom stereocenters. The summed E-state index contributed by atoms with van der Waals surface area (Å²) in [7, 11) is 0. The number of oxazole rings is 1. The highest BCUT2D eigenvalue weighted by Gasteiger charge is 2.04. The minimum atomic E-state index is 0.664. The zero-order valence-electron chi connectivity index (χ0n) is 9.38. The van der Waals surface area contributed by atoms with Gasteiger partial charge in [0.1, 0.15) is 17.0 Å². The van der Waals surface area contributed by atoms with Gasteiger partial charge >= 0.3 is 0 Å². The van der Waals surface area contributed by atoms with Gasteiger partial charge in [0.2, 0.25) is 0 Å². The van der Waals surface area contributed by atoms with Crippen molar-refractivity contribution in [2.24, 2.45) is 0 Å². The van der Waals surface area contributed by atoms with E-state index < -0.39 is 0 Å². The number of aromatic nitrogens is 1. The zero-order valence-corrected chi connectivity index (χ0v) is 9.38. The summed E-state index contributed by atoms with van der Waals surface area (Å²) in [6.07, 6.45) is 0. The van der Waals surface area contributed by atoms with Crippen LogP contribution in [0.5, 0.6) is 11.5 Å². The summed E-state index contributed by atoms with van der Waals surface area (Å²) < 4.78 is 11.2. The van der Waals surface area contributed by atoms with Crippen LogP contribution < -0.4 is 4.74 Å². The van der Waals surface area contributed by atoms with Crippen molar-refractivity contribution in [1.82, 2.24) is 4.98 Å². The molecule has 0 aliphatic heterocycles. The van der Waals surface area contributed by atoms with Crippen LogP contribution in [-0.4, -0.2) is 4.98 Å². The van der Waals surface area contributed by atoms with Crippen molar-refractivity contribution in [2.75, 3.05) is 0 Å². The van der Waals surface area contributed by atoms with Gasteiger partial charge in [0.05, 0.1) is 0 Å². The molecule has 0 amide bonds. The van der Waals surface area contributed by atoms with E-state index in [1.165, 1.54) is 0 Å². The topological polar surface area (TPSA) is 35.3 Å². The van der Waals surface area contributed by atoms with Crippen LogP contribution in [0.3, 0.4) is 0 Å². The number of nitrogens with zero attached hydrogens (tertiary/aromatic N) is 1. The molecule has 1 aromatic heterocycles. The van der Waals surface area contributed by atoms with Crippen molar-refractivity contribution in [2.45, 2.75) is 6.92 Å². The SMILES string of the molecule is Cc1nc2ccc(Oc3ccccc3)cc2o1. The van der Waals surface area contributed by atoms with Crippen LogP contribution in [-0.2, 0) is 0 Å². The van der Waals surface area contributed by atoms with Crippen molar-refractivity contribution in [3.63, 3.8) is 0 Å². The van der Waals surface area contributed by atoms with Crippen molar-refractivity contribution < 1.29 is 9.15 Å². The number of hydrogen-bond donors (Lipinski definition) is 0. The summed E-state index contributed by atoms with van der Waals surface area (Å²) in [6, 6.07) is 15.3. The van der Waals surface area contributed by atoms with Crippen LogP contribution in [0.25, 0.3) is 11.1 Å². The molecule has 3 heteroatoms. The molecule has 17 heavy (non-hydrogen) atoms. The second-order valence-corrected chi connectivity index (χ2v) is 3.78. The zero-order chi connectivity index (χ0) is 11.7. The van der Waals surface area contributed by atoms with Gasteiger partial charge in [0.25, 0.3) is 0 Å². The smallest absolute Gasteiger partial charge is 0.192 e. The number of aryl methyl sites for hydroxylation is 1. The highest BCUT2D eigenvalue weighted by Crippen LogP contribution is 2.25. The van der Waals surface area contributed by atoms with Gasteiger partial charge in [-0.1, -0.05) is 18.2 Å². The molecule has 0 saturated carbocycles. The van der Waals surface area contributed by atoms with Crippen LogP contribution >= 0.6 is 0 Å². The lowest BCUT2D eigenvalue weighted by atomic mass is 10.3. The summed E-state index contributed by atoms with van der Waals surface area (Å²) >= 11 is 0. The van der Waals surface area contributed by atoms with Crippen LogP contribution in [0.2, 0.25) is 0 Å². The molecule has 3 aromatic rings. The maximum Gasteiger partial charge on any atom is 0.192 e. The maximum absolute atomic E-state index is 5.71. The first-order chi connectivity index (χ1) is 8.31. The Morgan fingerprint density at radius 2 is 1.82 bits per heavy atom. The average molecular weight is 225 g/mol. The molecule has 3 rings (SSSR count). The number of rotatable bonds is 2. The standard InChI is InChI=1S/C14H11NO2/c1-10-15-13-8-7-12(9-14(13)16-10)17-11-5-3-2-4-6-11/h2-9H,1H3. The fourth-order valence-corrected chi connectivity index (χ4v) is 1.71. The Balaban J connectivity index is 1.95. The van der Waals surface area contributed by atoms with Crippen molar-refractivity contribution in [1.29, 1.82) is 0 Å². The Morgan fingerprint density at radius 1 is 1.00 bits per heavy atom. The molecule has 3 nitrogen and oxygen atoms in total. The molecule has 0 N–H and O–H groups in total. The van der Waals surface area contributed by atoms with Gasteiger partial charge in [-0.3, -0.25) is 0 Å². The first kappa shape index (κ1) is 9.90. The van der Waals surface area contributed by atoms with Crippen LogP contribution in [0, 0.1) is 6.92 Å². The first-order valence-electron chi connectivity index (χ1n) is 5.41. The van der Waals surface area contributed by atoms with Gasteiger partial charge < -0.3 is 9.15 Å². The van der Waals surface area contributed by atoms with E-state index in [-0.39, 0.29) is 0 Å². The van der Waals surface area contributed by atoms with Gasteiger partial charge in [-0.15, -0.1) is 0 Å². The molecule has 0 radical (unpaired) electrons. The molecule has 0 bridgehead atoms. The second-order valence-electron chi connectivity index (χ2n) is 3.78. The van der Waals surface area contributed by atoms with Gasteiger partial charge in [-0.25, -0.2) is 4.98 Å². The largest absolute Gasteiger partial charge is 0.457 e. The number of hydrogen-bond acceptors (Lipinski definition) is 3. The molecule has 0 saturated heterocycles. The normalized spacial score (nSPS) is 10.6. The Bertz CT molecular complexity index is 644. The van der Waals surface area contributed by atoms with Crippen LogP contribution in [0.1, 0.15) is 5.89 Å². The molecule has 1 heterocycles. The second kappa shape index (κ2) is 3.94. The van der Waals surface area contributed by atoms with Crippen LogP contribution in [0.4, 0.5) is 0 Å². The van der Waals surface area contributed by atoms with E-state index in [2.05, 4.69) is 4.98 Å². The Hall–Kier alpha value is -2.29. The molecule has 84 valence electrons. The predicted octanol–water partition coefficient (Wildman–Crippen LogP) is 3.93. The quantitative estimate of drug-likeness (QED) is 0.662. The molecule has 0 fully saturated rings.